The standard InChI is InChI=1S/C24H29NO2/c1-2-18-10-12-19(13-11-18)16-23(26)25-21-17-24(14-6-3-7-15-24)27-22-9-5-4-8-20(21)22/h4-5,8-13,21H,2-3,6-7,14-17H2,1H3,(H,25,26)/t21-/m1/s1. The molecular weight excluding hydrogens is 334 g/mol. The summed E-state index contributed by atoms with van der Waals surface area (Å²) in [5, 5.41) is 3.30. The Kier molecular flexibility index (Phi) is 5.20. The zero-order valence-corrected chi connectivity index (χ0v) is 16.2. The fourth-order valence-corrected chi connectivity index (χ4v) is 4.57. The quantitative estimate of drug-likeness (QED) is 0.817. The molecule has 0 aromatic heterocycles. The molecule has 1 aliphatic heterocycles. The van der Waals surface area contributed by atoms with Crippen molar-refractivity contribution in [3.8, 4) is 5.75 Å². The summed E-state index contributed by atoms with van der Waals surface area (Å²) >= 11 is 0. The van der Waals surface area contributed by atoms with Gasteiger partial charge in [0.25, 0.3) is 0 Å². The Hall–Kier alpha value is -2.29. The van der Waals surface area contributed by atoms with Crippen LogP contribution in [0.15, 0.2) is 48.5 Å². The molecule has 1 atom stereocenters. The highest BCUT2D eigenvalue weighted by Gasteiger charge is 2.42. The molecule has 3 nitrogen and oxygen atoms in total. The first-order valence-corrected chi connectivity index (χ1v) is 10.3. The van der Waals surface area contributed by atoms with Crippen LogP contribution in [0.5, 0.6) is 5.75 Å². The molecule has 2 aromatic rings. The Morgan fingerprint density at radius 1 is 1.04 bits per heavy atom. The average Bonchev–Trinajstić information content (AvgIpc) is 2.69. The number of benzene rings is 2. The topological polar surface area (TPSA) is 38.3 Å². The van der Waals surface area contributed by atoms with Crippen LogP contribution in [0.3, 0.4) is 0 Å². The lowest BCUT2D eigenvalue weighted by Gasteiger charge is -2.44. The first-order chi connectivity index (χ1) is 13.2. The van der Waals surface area contributed by atoms with Crippen LogP contribution in [0, 0.1) is 0 Å². The minimum atomic E-state index is -0.104. The number of nitrogens with one attached hydrogen (secondary N) is 1. The highest BCUT2D eigenvalue weighted by molar-refractivity contribution is 5.79. The summed E-state index contributed by atoms with van der Waals surface area (Å²) in [5.41, 5.74) is 3.38. The van der Waals surface area contributed by atoms with Gasteiger partial charge in [-0.3, -0.25) is 4.79 Å². The van der Waals surface area contributed by atoms with Gasteiger partial charge in [-0.25, -0.2) is 0 Å². The van der Waals surface area contributed by atoms with Gasteiger partial charge in [0, 0.05) is 12.0 Å². The van der Waals surface area contributed by atoms with E-state index in [2.05, 4.69) is 42.6 Å². The summed E-state index contributed by atoms with van der Waals surface area (Å²) in [6.07, 6.45) is 8.23. The van der Waals surface area contributed by atoms with Crippen molar-refractivity contribution >= 4 is 5.91 Å². The van der Waals surface area contributed by atoms with Crippen LogP contribution in [-0.4, -0.2) is 11.5 Å². The third kappa shape index (κ3) is 4.02. The second kappa shape index (κ2) is 7.75. The van der Waals surface area contributed by atoms with E-state index < -0.39 is 0 Å². The van der Waals surface area contributed by atoms with Crippen molar-refractivity contribution in [2.24, 2.45) is 0 Å². The molecule has 27 heavy (non-hydrogen) atoms. The van der Waals surface area contributed by atoms with Crippen molar-refractivity contribution in [2.75, 3.05) is 0 Å². The van der Waals surface area contributed by atoms with Gasteiger partial charge in [0.15, 0.2) is 0 Å². The number of carbonyl (C=O) groups is 1. The average molecular weight is 364 g/mol. The predicted octanol–water partition coefficient (Wildman–Crippen LogP) is 5.13. The number of rotatable bonds is 4. The molecule has 142 valence electrons. The first kappa shape index (κ1) is 18.1. The molecule has 1 N–H and O–H groups in total. The lowest BCUT2D eigenvalue weighted by molar-refractivity contribution is -0.122. The maximum absolute atomic E-state index is 12.8. The van der Waals surface area contributed by atoms with Crippen molar-refractivity contribution in [1.82, 2.24) is 5.32 Å². The zero-order chi connectivity index (χ0) is 18.7. The van der Waals surface area contributed by atoms with E-state index in [4.69, 9.17) is 4.74 Å². The van der Waals surface area contributed by atoms with Crippen LogP contribution in [0.25, 0.3) is 0 Å². The minimum Gasteiger partial charge on any atom is -0.487 e. The second-order valence-corrected chi connectivity index (χ2v) is 8.05. The third-order valence-corrected chi connectivity index (χ3v) is 6.09. The summed E-state index contributed by atoms with van der Waals surface area (Å²) < 4.78 is 6.46. The van der Waals surface area contributed by atoms with Crippen molar-refractivity contribution in [3.63, 3.8) is 0 Å². The highest BCUT2D eigenvalue weighted by Crippen LogP contribution is 2.46. The van der Waals surface area contributed by atoms with Crippen molar-refractivity contribution in [2.45, 2.75) is 69.9 Å². The molecule has 1 fully saturated rings. The molecule has 3 heteroatoms. The number of amides is 1. The number of hydrogen-bond acceptors (Lipinski definition) is 2. The maximum atomic E-state index is 12.8. The summed E-state index contributed by atoms with van der Waals surface area (Å²) in [6, 6.07) is 16.6. The van der Waals surface area contributed by atoms with E-state index in [1.807, 2.05) is 18.2 Å². The van der Waals surface area contributed by atoms with Crippen LogP contribution in [0.1, 0.15) is 68.2 Å². The van der Waals surface area contributed by atoms with Gasteiger partial charge in [-0.15, -0.1) is 0 Å². The van der Waals surface area contributed by atoms with Gasteiger partial charge in [0.1, 0.15) is 11.4 Å². The molecule has 1 aliphatic carbocycles. The molecule has 1 heterocycles. The van der Waals surface area contributed by atoms with E-state index in [-0.39, 0.29) is 17.6 Å². The fourth-order valence-electron chi connectivity index (χ4n) is 4.57. The lowest BCUT2D eigenvalue weighted by Crippen LogP contribution is -2.46. The molecule has 1 amide bonds. The summed E-state index contributed by atoms with van der Waals surface area (Å²) in [6.45, 7) is 2.14. The van der Waals surface area contributed by atoms with Crippen LogP contribution in [0.4, 0.5) is 0 Å². The van der Waals surface area contributed by atoms with Crippen LogP contribution in [0.2, 0.25) is 0 Å². The third-order valence-electron chi connectivity index (χ3n) is 6.09. The SMILES string of the molecule is CCc1ccc(CC(=O)N[C@@H]2CC3(CCCCC3)Oc3ccccc32)cc1. The number of ether oxygens (including phenoxy) is 1. The van der Waals surface area contributed by atoms with Gasteiger partial charge >= 0.3 is 0 Å². The summed E-state index contributed by atoms with van der Waals surface area (Å²) in [4.78, 5) is 12.8. The summed E-state index contributed by atoms with van der Waals surface area (Å²) in [7, 11) is 0. The van der Waals surface area contributed by atoms with E-state index >= 15 is 0 Å². The van der Waals surface area contributed by atoms with E-state index in [1.54, 1.807) is 0 Å². The fraction of sp³-hybridized carbons (Fsp3) is 0.458. The van der Waals surface area contributed by atoms with Gasteiger partial charge in [-0.1, -0.05) is 55.8 Å². The van der Waals surface area contributed by atoms with E-state index in [1.165, 1.54) is 24.8 Å². The molecule has 0 saturated heterocycles. The van der Waals surface area contributed by atoms with Crippen LogP contribution in [-0.2, 0) is 17.6 Å². The van der Waals surface area contributed by atoms with Crippen molar-refractivity contribution in [1.29, 1.82) is 0 Å². The molecular formula is C24H29NO2. The number of aryl methyl sites for hydroxylation is 1. The molecule has 0 unspecified atom stereocenters. The van der Waals surface area contributed by atoms with Crippen molar-refractivity contribution in [3.05, 3.63) is 65.2 Å². The van der Waals surface area contributed by atoms with Gasteiger partial charge in [0.2, 0.25) is 5.91 Å². The molecule has 0 bridgehead atoms. The Labute approximate surface area is 162 Å². The van der Waals surface area contributed by atoms with E-state index in [9.17, 15) is 4.79 Å². The largest absolute Gasteiger partial charge is 0.487 e. The molecule has 2 aliphatic rings. The van der Waals surface area contributed by atoms with Gasteiger partial charge in [-0.05, 0) is 49.3 Å². The highest BCUT2D eigenvalue weighted by atomic mass is 16.5. The number of para-hydroxylation sites is 1. The van der Waals surface area contributed by atoms with Crippen LogP contribution < -0.4 is 10.1 Å². The minimum absolute atomic E-state index is 0.0375. The Morgan fingerprint density at radius 2 is 1.74 bits per heavy atom. The Balaban J connectivity index is 1.49. The van der Waals surface area contributed by atoms with Gasteiger partial charge in [-0.2, -0.15) is 0 Å². The smallest absolute Gasteiger partial charge is 0.224 e. The monoisotopic (exact) mass is 363 g/mol. The van der Waals surface area contributed by atoms with E-state index in [0.29, 0.717) is 6.42 Å². The number of hydrogen-bond donors (Lipinski definition) is 1. The normalized spacial score (nSPS) is 20.6. The second-order valence-electron chi connectivity index (χ2n) is 8.05. The van der Waals surface area contributed by atoms with Gasteiger partial charge < -0.3 is 10.1 Å². The molecule has 4 rings (SSSR count). The maximum Gasteiger partial charge on any atom is 0.224 e. The molecule has 1 spiro atoms. The summed E-state index contributed by atoms with van der Waals surface area (Å²) in [5.74, 6) is 1.04. The van der Waals surface area contributed by atoms with Crippen molar-refractivity contribution < 1.29 is 9.53 Å². The number of fused-ring (bicyclic) bond motifs is 1. The van der Waals surface area contributed by atoms with Gasteiger partial charge in [0.05, 0.1) is 12.5 Å². The van der Waals surface area contributed by atoms with Crippen LogP contribution >= 0.6 is 0 Å². The first-order valence-electron chi connectivity index (χ1n) is 10.3. The molecule has 1 saturated carbocycles. The molecule has 0 radical (unpaired) electrons. The Bertz CT molecular complexity index is 790. The predicted molar refractivity (Wildman–Crippen MR) is 108 cm³/mol. The zero-order valence-electron chi connectivity index (χ0n) is 16.2. The lowest BCUT2D eigenvalue weighted by atomic mass is 9.77. The number of carbonyl (C=O) groups excluding carboxylic acids is 1. The Morgan fingerprint density at radius 3 is 2.48 bits per heavy atom. The molecule has 2 aromatic carbocycles. The van der Waals surface area contributed by atoms with E-state index in [0.717, 1.165) is 42.6 Å².